The van der Waals surface area contributed by atoms with E-state index in [0.717, 1.165) is 0 Å². The fourth-order valence-corrected chi connectivity index (χ4v) is 30.4. The summed E-state index contributed by atoms with van der Waals surface area (Å²) >= 11 is -3.59. The van der Waals surface area contributed by atoms with Crippen molar-refractivity contribution in [2.45, 2.75) is 71.1 Å². The Morgan fingerprint density at radius 3 is 1.04 bits per heavy atom. The van der Waals surface area contributed by atoms with Crippen LogP contribution < -0.4 is 0 Å². The number of hydrogen-bond donors (Lipinski definition) is 0. The van der Waals surface area contributed by atoms with Crippen molar-refractivity contribution in [3.05, 3.63) is 179 Å². The first kappa shape index (κ1) is 33.0. The molecule has 0 amide bonds. The Bertz CT molecular complexity index is 1520. The first-order valence-electron chi connectivity index (χ1n) is 16.5. The molecule has 0 atom stereocenters. The van der Waals surface area contributed by atoms with Gasteiger partial charge in [0.15, 0.2) is 0 Å². The van der Waals surface area contributed by atoms with Crippen LogP contribution in [-0.2, 0) is 16.2 Å². The minimum atomic E-state index is -3.59. The molecule has 0 bridgehead atoms. The van der Waals surface area contributed by atoms with Crippen molar-refractivity contribution in [3.63, 3.8) is 0 Å². The zero-order valence-corrected chi connectivity index (χ0v) is 31.0. The van der Waals surface area contributed by atoms with E-state index in [-0.39, 0.29) is 16.2 Å². The Morgan fingerprint density at radius 2 is 0.711 bits per heavy atom. The van der Waals surface area contributed by atoms with Gasteiger partial charge < -0.3 is 0 Å². The summed E-state index contributed by atoms with van der Waals surface area (Å²) in [6.07, 6.45) is 2.59. The third-order valence-electron chi connectivity index (χ3n) is 9.77. The van der Waals surface area contributed by atoms with E-state index in [0.29, 0.717) is 0 Å². The SMILES string of the molecule is CC(C)([CH2][Sn]([CH2]C(C)(C)c1ccccc1)([CH2]C(C)(C)c1ccccc1)/[C](=C/c1ccccc1)c1ccccc1)c1ccccc1. The van der Waals surface area contributed by atoms with Crippen LogP contribution in [0, 0.1) is 0 Å². The molecule has 0 heterocycles. The number of hydrogen-bond acceptors (Lipinski definition) is 0. The second-order valence-electron chi connectivity index (χ2n) is 14.9. The van der Waals surface area contributed by atoms with E-state index in [1.807, 2.05) is 0 Å². The second-order valence-corrected chi connectivity index (χ2v) is 26.8. The van der Waals surface area contributed by atoms with Gasteiger partial charge in [0.25, 0.3) is 0 Å². The van der Waals surface area contributed by atoms with Crippen LogP contribution in [0.1, 0.15) is 69.4 Å². The zero-order chi connectivity index (χ0) is 32.0. The summed E-state index contributed by atoms with van der Waals surface area (Å²) in [5, 5.41) is 0. The van der Waals surface area contributed by atoms with Gasteiger partial charge in [-0.25, -0.2) is 0 Å². The summed E-state index contributed by atoms with van der Waals surface area (Å²) in [6.45, 7) is 15.0. The summed E-state index contributed by atoms with van der Waals surface area (Å²) in [6, 6.07) is 56.3. The van der Waals surface area contributed by atoms with E-state index in [4.69, 9.17) is 0 Å². The van der Waals surface area contributed by atoms with Crippen LogP contribution in [-0.4, -0.2) is 18.4 Å². The topological polar surface area (TPSA) is 0 Å². The fraction of sp³-hybridized carbons (Fsp3) is 0.273. The van der Waals surface area contributed by atoms with Crippen LogP contribution in [0.15, 0.2) is 152 Å². The molecule has 45 heavy (non-hydrogen) atoms. The predicted molar refractivity (Wildman–Crippen MR) is 199 cm³/mol. The Labute approximate surface area is 277 Å². The van der Waals surface area contributed by atoms with Crippen molar-refractivity contribution < 1.29 is 0 Å². The van der Waals surface area contributed by atoms with Crippen LogP contribution in [0.5, 0.6) is 0 Å². The van der Waals surface area contributed by atoms with Gasteiger partial charge in [-0.2, -0.15) is 0 Å². The first-order valence-corrected chi connectivity index (χ1v) is 24.0. The average Bonchev–Trinajstić information content (AvgIpc) is 3.05. The third-order valence-corrected chi connectivity index (χ3v) is 27.6. The van der Waals surface area contributed by atoms with Gasteiger partial charge in [0.1, 0.15) is 0 Å². The zero-order valence-electron chi connectivity index (χ0n) is 28.1. The van der Waals surface area contributed by atoms with Gasteiger partial charge in [-0.1, -0.05) is 0 Å². The molecule has 1 heteroatoms. The normalized spacial score (nSPS) is 13.1. The van der Waals surface area contributed by atoms with Gasteiger partial charge in [-0.3, -0.25) is 0 Å². The summed E-state index contributed by atoms with van der Waals surface area (Å²) in [5.41, 5.74) is 7.05. The van der Waals surface area contributed by atoms with Gasteiger partial charge in [0.05, 0.1) is 0 Å². The molecule has 0 fully saturated rings. The molecule has 0 aliphatic heterocycles. The first-order chi connectivity index (χ1) is 21.5. The molecule has 0 spiro atoms. The van der Waals surface area contributed by atoms with Crippen LogP contribution in [0.2, 0.25) is 13.3 Å². The van der Waals surface area contributed by atoms with Gasteiger partial charge in [0, 0.05) is 0 Å². The van der Waals surface area contributed by atoms with E-state index >= 15 is 0 Å². The standard InChI is InChI=1S/C14H11.3C10H13.Sn/c1-3-7-13(8-4-1)11-12-14-9-5-2-6-10-14;3*1-10(2,3)9-7-5-4-6-8-9;/h1-11H;3*4-8H,1H2,2-3H3;. The maximum atomic E-state index is 2.59. The molecular formula is C44H50Sn. The molecular weight excluding hydrogens is 647 g/mol. The van der Waals surface area contributed by atoms with Crippen molar-refractivity contribution in [2.24, 2.45) is 0 Å². The fourth-order valence-electron chi connectivity index (χ4n) is 7.86. The molecule has 0 aromatic heterocycles. The number of rotatable bonds is 12. The summed E-state index contributed by atoms with van der Waals surface area (Å²) in [5.74, 6) is 0. The second kappa shape index (κ2) is 14.0. The Hall–Kier alpha value is -3.36. The minimum absolute atomic E-state index is 0.0153. The molecule has 0 radical (unpaired) electrons. The monoisotopic (exact) mass is 698 g/mol. The molecule has 5 aromatic carbocycles. The van der Waals surface area contributed by atoms with E-state index in [9.17, 15) is 0 Å². The van der Waals surface area contributed by atoms with Crippen molar-refractivity contribution in [1.82, 2.24) is 0 Å². The molecule has 0 nitrogen and oxygen atoms in total. The average molecular weight is 698 g/mol. The molecule has 0 saturated heterocycles. The molecule has 0 aliphatic carbocycles. The Kier molecular flexibility index (Phi) is 10.2. The molecule has 5 rings (SSSR count). The molecule has 0 N–H and O–H groups in total. The van der Waals surface area contributed by atoms with Gasteiger partial charge >= 0.3 is 279 Å². The van der Waals surface area contributed by atoms with E-state index in [1.165, 1.54) is 41.1 Å². The molecule has 5 aromatic rings. The quantitative estimate of drug-likeness (QED) is 0.0899. The maximum absolute atomic E-state index is 3.59. The molecule has 0 aliphatic rings. The Morgan fingerprint density at radius 1 is 0.422 bits per heavy atom. The van der Waals surface area contributed by atoms with Gasteiger partial charge in [0.2, 0.25) is 0 Å². The van der Waals surface area contributed by atoms with E-state index in [1.54, 1.807) is 3.59 Å². The number of benzene rings is 5. The van der Waals surface area contributed by atoms with Crippen LogP contribution in [0.3, 0.4) is 0 Å². The third kappa shape index (κ3) is 8.08. The van der Waals surface area contributed by atoms with Crippen LogP contribution >= 0.6 is 0 Å². The van der Waals surface area contributed by atoms with Crippen LogP contribution in [0.25, 0.3) is 9.67 Å². The Balaban J connectivity index is 1.82. The van der Waals surface area contributed by atoms with Gasteiger partial charge in [-0.05, 0) is 0 Å². The van der Waals surface area contributed by atoms with E-state index < -0.39 is 18.4 Å². The molecule has 0 unspecified atom stereocenters. The van der Waals surface area contributed by atoms with E-state index in [2.05, 4.69) is 199 Å². The summed E-state index contributed by atoms with van der Waals surface area (Å²) in [4.78, 5) is 0. The van der Waals surface area contributed by atoms with Crippen molar-refractivity contribution in [2.75, 3.05) is 0 Å². The molecule has 0 saturated carbocycles. The van der Waals surface area contributed by atoms with Crippen molar-refractivity contribution in [1.29, 1.82) is 0 Å². The van der Waals surface area contributed by atoms with Crippen LogP contribution in [0.4, 0.5) is 0 Å². The van der Waals surface area contributed by atoms with Crippen molar-refractivity contribution in [3.8, 4) is 0 Å². The predicted octanol–water partition coefficient (Wildman–Crippen LogP) is 12.1. The summed E-state index contributed by atoms with van der Waals surface area (Å²) < 4.78 is 5.27. The van der Waals surface area contributed by atoms with Crippen molar-refractivity contribution >= 4 is 28.0 Å². The summed E-state index contributed by atoms with van der Waals surface area (Å²) in [7, 11) is 0. The van der Waals surface area contributed by atoms with Gasteiger partial charge in [-0.15, -0.1) is 0 Å². The molecule has 230 valence electrons.